The number of pyridine rings is 1. The van der Waals surface area contributed by atoms with Gasteiger partial charge in [0.1, 0.15) is 9.88 Å². The van der Waals surface area contributed by atoms with Gasteiger partial charge in [-0.25, -0.2) is 9.78 Å². The Morgan fingerprint density at radius 1 is 1.40 bits per heavy atom. The molecule has 0 spiro atoms. The summed E-state index contributed by atoms with van der Waals surface area (Å²) in [4.78, 5) is 32.0. The van der Waals surface area contributed by atoms with Crippen LogP contribution in [0.2, 0.25) is 5.02 Å². The quantitative estimate of drug-likeness (QED) is 0.640. The van der Waals surface area contributed by atoms with Crippen molar-refractivity contribution in [2.75, 3.05) is 6.61 Å². The van der Waals surface area contributed by atoms with E-state index in [0.717, 1.165) is 11.3 Å². The van der Waals surface area contributed by atoms with Crippen molar-refractivity contribution < 1.29 is 14.3 Å². The van der Waals surface area contributed by atoms with Gasteiger partial charge in [0.05, 0.1) is 17.3 Å². The topological polar surface area (TPSA) is 69.2 Å². The van der Waals surface area contributed by atoms with Crippen LogP contribution in [0.5, 0.6) is 0 Å². The van der Waals surface area contributed by atoms with E-state index >= 15 is 0 Å². The lowest BCUT2D eigenvalue weighted by molar-refractivity contribution is 0.0517. The van der Waals surface area contributed by atoms with E-state index < -0.39 is 5.97 Å². The molecule has 2 aromatic heterocycles. The molecule has 0 fully saturated rings. The SMILES string of the molecule is CCOC(=O)c1nc(-c2ccc(Cl)cn2)sc1C(C)=O. The number of ketones is 1. The van der Waals surface area contributed by atoms with Crippen molar-refractivity contribution >= 4 is 34.7 Å². The average molecular weight is 311 g/mol. The lowest BCUT2D eigenvalue weighted by atomic mass is 10.3. The van der Waals surface area contributed by atoms with E-state index in [1.54, 1.807) is 19.1 Å². The fourth-order valence-electron chi connectivity index (χ4n) is 1.51. The minimum absolute atomic E-state index is 0.0381. The van der Waals surface area contributed by atoms with E-state index in [4.69, 9.17) is 16.3 Å². The van der Waals surface area contributed by atoms with Gasteiger partial charge in [0.15, 0.2) is 11.5 Å². The zero-order chi connectivity index (χ0) is 14.7. The third-order valence-electron chi connectivity index (χ3n) is 2.36. The van der Waals surface area contributed by atoms with E-state index in [-0.39, 0.29) is 23.0 Å². The predicted molar refractivity (Wildman–Crippen MR) is 76.3 cm³/mol. The smallest absolute Gasteiger partial charge is 0.358 e. The standard InChI is InChI=1S/C13H11ClN2O3S/c1-3-19-13(18)10-11(7(2)17)20-12(16-10)9-5-4-8(14)6-15-9/h4-6H,3H2,1-2H3. The Morgan fingerprint density at radius 2 is 2.15 bits per heavy atom. The first kappa shape index (κ1) is 14.6. The molecule has 2 heterocycles. The first-order valence-corrected chi connectivity index (χ1v) is 7.03. The van der Waals surface area contributed by atoms with Gasteiger partial charge in [-0.05, 0) is 19.1 Å². The fourth-order valence-corrected chi connectivity index (χ4v) is 2.55. The average Bonchev–Trinajstić information content (AvgIpc) is 2.85. The number of rotatable bonds is 4. The van der Waals surface area contributed by atoms with Crippen LogP contribution in [0.1, 0.15) is 34.0 Å². The van der Waals surface area contributed by atoms with Gasteiger partial charge in [-0.1, -0.05) is 11.6 Å². The fraction of sp³-hybridized carbons (Fsp3) is 0.231. The van der Waals surface area contributed by atoms with Crippen molar-refractivity contribution in [2.45, 2.75) is 13.8 Å². The Bertz CT molecular complexity index is 652. The second-order valence-corrected chi connectivity index (χ2v) is 5.27. The molecule has 0 aliphatic rings. The molecule has 2 rings (SSSR count). The first-order valence-electron chi connectivity index (χ1n) is 5.83. The van der Waals surface area contributed by atoms with Gasteiger partial charge < -0.3 is 4.74 Å². The predicted octanol–water partition coefficient (Wildman–Crippen LogP) is 3.24. The van der Waals surface area contributed by atoms with Crippen molar-refractivity contribution in [3.63, 3.8) is 0 Å². The van der Waals surface area contributed by atoms with Gasteiger partial charge in [-0.3, -0.25) is 9.78 Å². The van der Waals surface area contributed by atoms with Gasteiger partial charge in [0.2, 0.25) is 0 Å². The zero-order valence-electron chi connectivity index (χ0n) is 10.8. The Hall–Kier alpha value is -1.79. The molecular formula is C13H11ClN2O3S. The highest BCUT2D eigenvalue weighted by atomic mass is 35.5. The van der Waals surface area contributed by atoms with E-state index in [1.165, 1.54) is 13.1 Å². The number of carbonyl (C=O) groups excluding carboxylic acids is 2. The summed E-state index contributed by atoms with van der Waals surface area (Å²) in [5, 5.41) is 0.984. The minimum Gasteiger partial charge on any atom is -0.461 e. The Kier molecular flexibility index (Phi) is 4.46. The van der Waals surface area contributed by atoms with Crippen molar-refractivity contribution in [2.24, 2.45) is 0 Å². The molecule has 0 bridgehead atoms. The highest BCUT2D eigenvalue weighted by Crippen LogP contribution is 2.28. The van der Waals surface area contributed by atoms with Crippen molar-refractivity contribution in [3.05, 3.63) is 33.9 Å². The summed E-state index contributed by atoms with van der Waals surface area (Å²) in [6.07, 6.45) is 1.48. The summed E-state index contributed by atoms with van der Waals surface area (Å²) in [7, 11) is 0. The molecule has 0 aromatic carbocycles. The zero-order valence-corrected chi connectivity index (χ0v) is 12.4. The number of hydrogen-bond donors (Lipinski definition) is 0. The number of nitrogens with zero attached hydrogens (tertiary/aromatic N) is 2. The van der Waals surface area contributed by atoms with Crippen LogP contribution in [0.15, 0.2) is 18.3 Å². The Morgan fingerprint density at radius 3 is 2.70 bits per heavy atom. The monoisotopic (exact) mass is 310 g/mol. The van der Waals surface area contributed by atoms with E-state index in [2.05, 4.69) is 9.97 Å². The van der Waals surface area contributed by atoms with Gasteiger partial charge in [-0.15, -0.1) is 11.3 Å². The van der Waals surface area contributed by atoms with Gasteiger partial charge in [-0.2, -0.15) is 0 Å². The van der Waals surface area contributed by atoms with E-state index in [0.29, 0.717) is 15.7 Å². The molecule has 5 nitrogen and oxygen atoms in total. The van der Waals surface area contributed by atoms with Crippen molar-refractivity contribution in [1.82, 2.24) is 9.97 Å². The van der Waals surface area contributed by atoms with Crippen LogP contribution < -0.4 is 0 Å². The molecule has 7 heteroatoms. The van der Waals surface area contributed by atoms with E-state index in [9.17, 15) is 9.59 Å². The van der Waals surface area contributed by atoms with Crippen LogP contribution in [0.25, 0.3) is 10.7 Å². The number of esters is 1. The molecule has 2 aromatic rings. The first-order chi connectivity index (χ1) is 9.52. The van der Waals surface area contributed by atoms with Crippen LogP contribution in [-0.4, -0.2) is 28.3 Å². The number of Topliss-reactive ketones (excluding diaryl/α,β-unsaturated/α-hetero) is 1. The van der Waals surface area contributed by atoms with Crippen LogP contribution in [0.4, 0.5) is 0 Å². The normalized spacial score (nSPS) is 10.3. The molecule has 0 saturated heterocycles. The molecule has 0 atom stereocenters. The summed E-state index contributed by atoms with van der Waals surface area (Å²) in [6, 6.07) is 3.35. The summed E-state index contributed by atoms with van der Waals surface area (Å²) >= 11 is 6.88. The minimum atomic E-state index is -0.603. The highest BCUT2D eigenvalue weighted by Gasteiger charge is 2.23. The molecule has 0 aliphatic carbocycles. The lowest BCUT2D eigenvalue weighted by Gasteiger charge is -1.98. The number of hydrogen-bond acceptors (Lipinski definition) is 6. The number of aromatic nitrogens is 2. The molecule has 104 valence electrons. The van der Waals surface area contributed by atoms with Gasteiger partial charge in [0, 0.05) is 13.1 Å². The van der Waals surface area contributed by atoms with Gasteiger partial charge >= 0.3 is 5.97 Å². The van der Waals surface area contributed by atoms with Crippen molar-refractivity contribution in [3.8, 4) is 10.7 Å². The second kappa shape index (κ2) is 6.11. The van der Waals surface area contributed by atoms with Crippen molar-refractivity contribution in [1.29, 1.82) is 0 Å². The highest BCUT2D eigenvalue weighted by molar-refractivity contribution is 7.17. The molecular weight excluding hydrogens is 300 g/mol. The summed E-state index contributed by atoms with van der Waals surface area (Å²) < 4.78 is 4.90. The van der Waals surface area contributed by atoms with Crippen LogP contribution in [-0.2, 0) is 4.74 Å². The molecule has 0 amide bonds. The lowest BCUT2D eigenvalue weighted by Crippen LogP contribution is -2.09. The summed E-state index contributed by atoms with van der Waals surface area (Å²) in [5.41, 5.74) is 0.591. The maximum Gasteiger partial charge on any atom is 0.358 e. The maximum absolute atomic E-state index is 11.8. The van der Waals surface area contributed by atoms with Crippen LogP contribution in [0, 0.1) is 0 Å². The van der Waals surface area contributed by atoms with Crippen LogP contribution in [0.3, 0.4) is 0 Å². The van der Waals surface area contributed by atoms with E-state index in [1.807, 2.05) is 0 Å². The third kappa shape index (κ3) is 3.02. The van der Waals surface area contributed by atoms with Gasteiger partial charge in [0.25, 0.3) is 0 Å². The maximum atomic E-state index is 11.8. The molecule has 0 saturated carbocycles. The Balaban J connectivity index is 2.46. The Labute approximate surface area is 124 Å². The number of halogens is 1. The number of thiazole rings is 1. The molecule has 0 unspecified atom stereocenters. The number of carbonyl (C=O) groups is 2. The molecule has 20 heavy (non-hydrogen) atoms. The summed E-state index contributed by atoms with van der Waals surface area (Å²) in [6.45, 7) is 3.30. The molecule has 0 radical (unpaired) electrons. The molecule has 0 aliphatic heterocycles. The van der Waals surface area contributed by atoms with Crippen LogP contribution >= 0.6 is 22.9 Å². The largest absolute Gasteiger partial charge is 0.461 e. The third-order valence-corrected chi connectivity index (χ3v) is 3.76. The molecule has 0 N–H and O–H groups in total. The summed E-state index contributed by atoms with van der Waals surface area (Å²) in [5.74, 6) is -0.833. The number of ether oxygens (including phenoxy) is 1. The second-order valence-electron chi connectivity index (χ2n) is 3.84.